The number of ether oxygens (including phenoxy) is 1. The second-order valence-corrected chi connectivity index (χ2v) is 5.71. The summed E-state index contributed by atoms with van der Waals surface area (Å²) in [6.45, 7) is 1.80. The number of nitro benzene ring substituents is 1. The smallest absolute Gasteiger partial charge is 0.322 e. The van der Waals surface area contributed by atoms with Crippen molar-refractivity contribution in [2.75, 3.05) is 30.5 Å². The van der Waals surface area contributed by atoms with Gasteiger partial charge in [-0.2, -0.15) is 20.1 Å². The Morgan fingerprint density at radius 2 is 1.92 bits per heavy atom. The van der Waals surface area contributed by atoms with E-state index in [-0.39, 0.29) is 17.6 Å². The number of hydrogen-bond acceptors (Lipinski definition) is 9. The Morgan fingerprint density at radius 1 is 1.19 bits per heavy atom. The van der Waals surface area contributed by atoms with Crippen molar-refractivity contribution in [3.05, 3.63) is 39.9 Å². The lowest BCUT2D eigenvalue weighted by atomic mass is 10.1. The third-order valence-electron chi connectivity index (χ3n) is 3.91. The van der Waals surface area contributed by atoms with E-state index in [1.165, 1.54) is 31.9 Å². The van der Waals surface area contributed by atoms with Crippen molar-refractivity contribution in [2.24, 2.45) is 5.10 Å². The first-order valence-electron chi connectivity index (χ1n) is 8.24. The second kappa shape index (κ2) is 8.19. The number of nitro groups is 1. The Morgan fingerprint density at radius 3 is 2.58 bits per heavy atom. The maximum absolute atomic E-state index is 10.7. The fourth-order valence-corrected chi connectivity index (χ4v) is 2.57. The van der Waals surface area contributed by atoms with E-state index in [9.17, 15) is 10.1 Å². The van der Waals surface area contributed by atoms with Gasteiger partial charge in [0.2, 0.25) is 5.95 Å². The molecular formula is C16H19N7O3. The summed E-state index contributed by atoms with van der Waals surface area (Å²) < 4.78 is 5.14. The lowest BCUT2D eigenvalue weighted by Crippen LogP contribution is -2.31. The van der Waals surface area contributed by atoms with Gasteiger partial charge < -0.3 is 9.64 Å². The first kappa shape index (κ1) is 17.5. The summed E-state index contributed by atoms with van der Waals surface area (Å²) in [6, 6.07) is 6.27. The fraction of sp³-hybridized carbons (Fsp3) is 0.375. The lowest BCUT2D eigenvalue weighted by Gasteiger charge is -2.26. The highest BCUT2D eigenvalue weighted by molar-refractivity contribution is 5.80. The van der Waals surface area contributed by atoms with Crippen LogP contribution in [-0.2, 0) is 0 Å². The molecule has 2 aromatic rings. The summed E-state index contributed by atoms with van der Waals surface area (Å²) in [5.41, 5.74) is 3.49. The molecule has 1 aliphatic heterocycles. The highest BCUT2D eigenvalue weighted by Crippen LogP contribution is 2.19. The van der Waals surface area contributed by atoms with E-state index >= 15 is 0 Å². The average molecular weight is 357 g/mol. The van der Waals surface area contributed by atoms with Crippen molar-refractivity contribution >= 4 is 23.8 Å². The SMILES string of the molecule is COc1nc(NN=Cc2ccc([N+](=O)[O-])cc2)nc(N2CCCCC2)n1. The Labute approximate surface area is 150 Å². The quantitative estimate of drug-likeness (QED) is 0.475. The molecular weight excluding hydrogens is 338 g/mol. The van der Waals surface area contributed by atoms with Crippen LogP contribution >= 0.6 is 0 Å². The van der Waals surface area contributed by atoms with Crippen LogP contribution in [0.15, 0.2) is 29.4 Å². The molecule has 0 unspecified atom stereocenters. The van der Waals surface area contributed by atoms with Gasteiger partial charge in [-0.05, 0) is 37.0 Å². The number of hydrogen-bond donors (Lipinski definition) is 1. The highest BCUT2D eigenvalue weighted by Gasteiger charge is 2.16. The minimum Gasteiger partial charge on any atom is -0.467 e. The molecule has 0 atom stereocenters. The van der Waals surface area contributed by atoms with Crippen molar-refractivity contribution in [3.8, 4) is 6.01 Å². The molecule has 0 aliphatic carbocycles. The van der Waals surface area contributed by atoms with E-state index in [1.807, 2.05) is 0 Å². The Bertz CT molecular complexity index is 789. The number of anilines is 2. The summed E-state index contributed by atoms with van der Waals surface area (Å²) in [5.74, 6) is 0.833. The summed E-state index contributed by atoms with van der Waals surface area (Å²) >= 11 is 0. The van der Waals surface area contributed by atoms with Crippen LogP contribution in [-0.4, -0.2) is 46.3 Å². The molecule has 1 saturated heterocycles. The number of methoxy groups -OCH3 is 1. The van der Waals surface area contributed by atoms with Gasteiger partial charge in [0.1, 0.15) is 0 Å². The van der Waals surface area contributed by atoms with Crippen LogP contribution in [0.3, 0.4) is 0 Å². The van der Waals surface area contributed by atoms with Crippen LogP contribution in [0.5, 0.6) is 6.01 Å². The van der Waals surface area contributed by atoms with Crippen molar-refractivity contribution in [3.63, 3.8) is 0 Å². The molecule has 0 bridgehead atoms. The monoisotopic (exact) mass is 357 g/mol. The number of nitrogens with one attached hydrogen (secondary N) is 1. The van der Waals surface area contributed by atoms with E-state index in [0.29, 0.717) is 11.5 Å². The Kier molecular flexibility index (Phi) is 5.52. The molecule has 0 saturated carbocycles. The molecule has 3 rings (SSSR count). The zero-order valence-electron chi connectivity index (χ0n) is 14.3. The zero-order chi connectivity index (χ0) is 18.4. The van der Waals surface area contributed by atoms with Gasteiger partial charge in [0, 0.05) is 25.2 Å². The van der Waals surface area contributed by atoms with Crippen molar-refractivity contribution in [1.82, 2.24) is 15.0 Å². The van der Waals surface area contributed by atoms with Gasteiger partial charge in [0.05, 0.1) is 18.2 Å². The summed E-state index contributed by atoms with van der Waals surface area (Å²) in [7, 11) is 1.50. The van der Waals surface area contributed by atoms with Crippen LogP contribution in [0.4, 0.5) is 17.6 Å². The van der Waals surface area contributed by atoms with Crippen molar-refractivity contribution in [1.29, 1.82) is 0 Å². The highest BCUT2D eigenvalue weighted by atomic mass is 16.6. The van der Waals surface area contributed by atoms with Gasteiger partial charge in [-0.1, -0.05) is 0 Å². The van der Waals surface area contributed by atoms with Crippen LogP contribution in [0.2, 0.25) is 0 Å². The molecule has 2 heterocycles. The molecule has 10 heteroatoms. The van der Waals surface area contributed by atoms with Crippen LogP contribution in [0.1, 0.15) is 24.8 Å². The number of aromatic nitrogens is 3. The largest absolute Gasteiger partial charge is 0.467 e. The van der Waals surface area contributed by atoms with Gasteiger partial charge in [0.15, 0.2) is 0 Å². The maximum Gasteiger partial charge on any atom is 0.322 e. The van der Waals surface area contributed by atoms with Gasteiger partial charge in [-0.3, -0.25) is 10.1 Å². The first-order valence-corrected chi connectivity index (χ1v) is 8.24. The standard InChI is InChI=1S/C16H19N7O3/c1-26-16-19-14(18-15(20-16)22-9-3-2-4-10-22)21-17-11-12-5-7-13(8-6-12)23(24)25/h5-8,11H,2-4,9-10H2,1H3,(H,18,19,20,21). The molecule has 0 spiro atoms. The van der Waals surface area contributed by atoms with E-state index in [4.69, 9.17) is 4.74 Å². The third-order valence-corrected chi connectivity index (χ3v) is 3.91. The fourth-order valence-electron chi connectivity index (χ4n) is 2.57. The van der Waals surface area contributed by atoms with Gasteiger partial charge in [-0.15, -0.1) is 0 Å². The van der Waals surface area contributed by atoms with Gasteiger partial charge >= 0.3 is 6.01 Å². The Balaban J connectivity index is 1.71. The average Bonchev–Trinajstić information content (AvgIpc) is 2.69. The van der Waals surface area contributed by atoms with Gasteiger partial charge in [0.25, 0.3) is 11.6 Å². The van der Waals surface area contributed by atoms with Crippen LogP contribution in [0, 0.1) is 10.1 Å². The minimum atomic E-state index is -0.446. The predicted octanol–water partition coefficient (Wildman–Crippen LogP) is 2.22. The molecule has 1 N–H and O–H groups in total. The number of non-ortho nitro benzene ring substituents is 1. The lowest BCUT2D eigenvalue weighted by molar-refractivity contribution is -0.384. The molecule has 136 valence electrons. The van der Waals surface area contributed by atoms with E-state index in [0.717, 1.165) is 25.9 Å². The van der Waals surface area contributed by atoms with Gasteiger partial charge in [-0.25, -0.2) is 5.43 Å². The number of benzene rings is 1. The molecule has 0 amide bonds. The molecule has 10 nitrogen and oxygen atoms in total. The molecule has 1 fully saturated rings. The van der Waals surface area contributed by atoms with E-state index < -0.39 is 4.92 Å². The molecule has 1 aromatic heterocycles. The molecule has 1 aliphatic rings. The topological polar surface area (TPSA) is 119 Å². The number of hydrazone groups is 1. The molecule has 26 heavy (non-hydrogen) atoms. The number of rotatable bonds is 6. The molecule has 0 radical (unpaired) electrons. The summed E-state index contributed by atoms with van der Waals surface area (Å²) in [5, 5.41) is 14.7. The summed E-state index contributed by atoms with van der Waals surface area (Å²) in [6.07, 6.45) is 4.95. The van der Waals surface area contributed by atoms with Crippen LogP contribution in [0.25, 0.3) is 0 Å². The predicted molar refractivity (Wildman–Crippen MR) is 96.8 cm³/mol. The second-order valence-electron chi connectivity index (χ2n) is 5.71. The van der Waals surface area contributed by atoms with Crippen molar-refractivity contribution < 1.29 is 9.66 Å². The van der Waals surface area contributed by atoms with Crippen molar-refractivity contribution in [2.45, 2.75) is 19.3 Å². The van der Waals surface area contributed by atoms with Crippen LogP contribution < -0.4 is 15.1 Å². The normalized spacial score (nSPS) is 14.4. The summed E-state index contributed by atoms with van der Waals surface area (Å²) in [4.78, 5) is 25.1. The van der Waals surface area contributed by atoms with E-state index in [1.54, 1.807) is 12.1 Å². The minimum absolute atomic E-state index is 0.0310. The van der Waals surface area contributed by atoms with E-state index in [2.05, 4.69) is 30.4 Å². The zero-order valence-corrected chi connectivity index (χ0v) is 14.3. The number of piperidine rings is 1. The maximum atomic E-state index is 10.7. The first-order chi connectivity index (χ1) is 12.7. The Hall–Kier alpha value is -3.30. The molecule has 1 aromatic carbocycles. The number of nitrogens with zero attached hydrogens (tertiary/aromatic N) is 6. The third kappa shape index (κ3) is 4.41.